The quantitative estimate of drug-likeness (QED) is 0.810. The second kappa shape index (κ2) is 4.76. The van der Waals surface area contributed by atoms with Crippen LogP contribution in [0.2, 0.25) is 0 Å². The van der Waals surface area contributed by atoms with Crippen LogP contribution in [-0.2, 0) is 11.3 Å². The van der Waals surface area contributed by atoms with E-state index in [2.05, 4.69) is 21.5 Å². The number of halogens is 1. The van der Waals surface area contributed by atoms with Crippen LogP contribution in [0.1, 0.15) is 37.9 Å². The molecule has 1 fully saturated rings. The first-order valence-corrected chi connectivity index (χ1v) is 7.12. The molecule has 2 aromatic heterocycles. The largest absolute Gasteiger partial charge is 0.373 e. The van der Waals surface area contributed by atoms with Crippen LogP contribution >= 0.6 is 11.6 Å². The van der Waals surface area contributed by atoms with E-state index < -0.39 is 0 Å². The molecule has 0 spiro atoms. The van der Waals surface area contributed by atoms with Gasteiger partial charge < -0.3 is 9.30 Å². The SMILES string of the molecule is CC(Cl)c1nc2cccnc2n1CC1(C)CCCO1. The first kappa shape index (κ1) is 12.9. The second-order valence-corrected chi connectivity index (χ2v) is 6.07. The molecule has 1 saturated heterocycles. The lowest BCUT2D eigenvalue weighted by Crippen LogP contribution is -2.30. The van der Waals surface area contributed by atoms with Gasteiger partial charge in [0.05, 0.1) is 17.5 Å². The zero-order valence-corrected chi connectivity index (χ0v) is 12.0. The van der Waals surface area contributed by atoms with Crippen LogP contribution < -0.4 is 0 Å². The Hall–Kier alpha value is -1.13. The monoisotopic (exact) mass is 279 g/mol. The molecule has 3 heterocycles. The number of alkyl halides is 1. The van der Waals surface area contributed by atoms with Gasteiger partial charge in [0, 0.05) is 12.8 Å². The zero-order valence-electron chi connectivity index (χ0n) is 11.3. The average Bonchev–Trinajstić information content (AvgIpc) is 2.95. The molecule has 0 N–H and O–H groups in total. The lowest BCUT2D eigenvalue weighted by Gasteiger charge is -2.25. The van der Waals surface area contributed by atoms with E-state index in [0.29, 0.717) is 0 Å². The van der Waals surface area contributed by atoms with Crippen LogP contribution in [0, 0.1) is 0 Å². The van der Waals surface area contributed by atoms with Crippen molar-refractivity contribution >= 4 is 22.8 Å². The van der Waals surface area contributed by atoms with Gasteiger partial charge in [0.15, 0.2) is 5.65 Å². The van der Waals surface area contributed by atoms with E-state index in [-0.39, 0.29) is 11.0 Å². The zero-order chi connectivity index (χ0) is 13.5. The highest BCUT2D eigenvalue weighted by atomic mass is 35.5. The molecule has 0 saturated carbocycles. The van der Waals surface area contributed by atoms with E-state index in [1.54, 1.807) is 6.20 Å². The minimum Gasteiger partial charge on any atom is -0.373 e. The van der Waals surface area contributed by atoms with Crippen LogP contribution in [0.4, 0.5) is 0 Å². The summed E-state index contributed by atoms with van der Waals surface area (Å²) in [6.45, 7) is 5.68. The normalized spacial score (nSPS) is 25.0. The molecule has 1 aliphatic heterocycles. The van der Waals surface area contributed by atoms with Crippen LogP contribution in [0.25, 0.3) is 11.2 Å². The summed E-state index contributed by atoms with van der Waals surface area (Å²) in [6, 6.07) is 3.87. The summed E-state index contributed by atoms with van der Waals surface area (Å²) in [6.07, 6.45) is 3.97. The number of ether oxygens (including phenoxy) is 1. The summed E-state index contributed by atoms with van der Waals surface area (Å²) >= 11 is 6.26. The van der Waals surface area contributed by atoms with Gasteiger partial charge in [-0.05, 0) is 38.8 Å². The predicted octanol–water partition coefficient (Wildman–Crippen LogP) is 3.30. The number of imidazole rings is 1. The smallest absolute Gasteiger partial charge is 0.160 e. The van der Waals surface area contributed by atoms with Crippen molar-refractivity contribution in [1.29, 1.82) is 0 Å². The molecule has 2 aromatic rings. The van der Waals surface area contributed by atoms with Crippen LogP contribution in [-0.4, -0.2) is 26.7 Å². The topological polar surface area (TPSA) is 39.9 Å². The van der Waals surface area contributed by atoms with Gasteiger partial charge >= 0.3 is 0 Å². The van der Waals surface area contributed by atoms with Gasteiger partial charge in [0.2, 0.25) is 0 Å². The molecule has 102 valence electrons. The summed E-state index contributed by atoms with van der Waals surface area (Å²) < 4.78 is 7.99. The Balaban J connectivity index is 2.07. The maximum absolute atomic E-state index is 6.26. The number of aromatic nitrogens is 3. The standard InChI is InChI=1S/C14H18ClN3O/c1-10(15)12-17-11-5-3-7-16-13(11)18(12)9-14(2)6-4-8-19-14/h3,5,7,10H,4,6,8-9H2,1-2H3. The fourth-order valence-corrected chi connectivity index (χ4v) is 2.90. The second-order valence-electron chi connectivity index (χ2n) is 5.42. The highest BCUT2D eigenvalue weighted by Gasteiger charge is 2.32. The highest BCUT2D eigenvalue weighted by molar-refractivity contribution is 6.20. The van der Waals surface area contributed by atoms with Gasteiger partial charge in [0.25, 0.3) is 0 Å². The average molecular weight is 280 g/mol. The van der Waals surface area contributed by atoms with E-state index in [9.17, 15) is 0 Å². The van der Waals surface area contributed by atoms with Gasteiger partial charge in [-0.1, -0.05) is 0 Å². The molecule has 0 aliphatic carbocycles. The predicted molar refractivity (Wildman–Crippen MR) is 75.4 cm³/mol. The summed E-state index contributed by atoms with van der Waals surface area (Å²) in [4.78, 5) is 9.04. The number of pyridine rings is 1. The fourth-order valence-electron chi connectivity index (χ4n) is 2.73. The molecule has 2 unspecified atom stereocenters. The van der Waals surface area contributed by atoms with Crippen molar-refractivity contribution in [1.82, 2.24) is 14.5 Å². The highest BCUT2D eigenvalue weighted by Crippen LogP contribution is 2.31. The lowest BCUT2D eigenvalue weighted by atomic mass is 10.0. The van der Waals surface area contributed by atoms with Crippen LogP contribution in [0.3, 0.4) is 0 Å². The van der Waals surface area contributed by atoms with Crippen molar-refractivity contribution in [2.75, 3.05) is 6.61 Å². The minimum atomic E-state index is -0.140. The minimum absolute atomic E-state index is 0.133. The molecule has 4 nitrogen and oxygen atoms in total. The molecule has 3 rings (SSSR count). The number of rotatable bonds is 3. The maximum Gasteiger partial charge on any atom is 0.160 e. The summed E-state index contributed by atoms with van der Waals surface area (Å²) in [5, 5.41) is -0.140. The first-order chi connectivity index (χ1) is 9.09. The molecule has 0 radical (unpaired) electrons. The third kappa shape index (κ3) is 2.35. The third-order valence-corrected chi connectivity index (χ3v) is 3.88. The Morgan fingerprint density at radius 1 is 1.58 bits per heavy atom. The van der Waals surface area contributed by atoms with E-state index in [0.717, 1.165) is 43.0 Å². The lowest BCUT2D eigenvalue weighted by molar-refractivity contribution is 0.00638. The summed E-state index contributed by atoms with van der Waals surface area (Å²) in [5.74, 6) is 0.868. The molecular formula is C14H18ClN3O. The van der Waals surface area contributed by atoms with Gasteiger partial charge in [-0.15, -0.1) is 11.6 Å². The van der Waals surface area contributed by atoms with E-state index in [1.807, 2.05) is 19.1 Å². The fraction of sp³-hybridized carbons (Fsp3) is 0.571. The Labute approximate surface area is 117 Å². The van der Waals surface area contributed by atoms with Crippen molar-refractivity contribution < 1.29 is 4.74 Å². The van der Waals surface area contributed by atoms with Crippen LogP contribution in [0.15, 0.2) is 18.3 Å². The van der Waals surface area contributed by atoms with Gasteiger partial charge in [-0.25, -0.2) is 9.97 Å². The Bertz CT molecular complexity index is 587. The molecule has 2 atom stereocenters. The van der Waals surface area contributed by atoms with Gasteiger partial charge in [-0.3, -0.25) is 0 Å². The molecule has 0 amide bonds. The van der Waals surface area contributed by atoms with Crippen molar-refractivity contribution in [3.8, 4) is 0 Å². The third-order valence-electron chi connectivity index (χ3n) is 3.68. The maximum atomic E-state index is 6.26. The number of nitrogens with zero attached hydrogens (tertiary/aromatic N) is 3. The number of hydrogen-bond donors (Lipinski definition) is 0. The van der Waals surface area contributed by atoms with E-state index in [4.69, 9.17) is 16.3 Å². The summed E-state index contributed by atoms with van der Waals surface area (Å²) in [7, 11) is 0. The molecular weight excluding hydrogens is 262 g/mol. The number of hydrogen-bond acceptors (Lipinski definition) is 3. The Morgan fingerprint density at radius 3 is 3.11 bits per heavy atom. The molecule has 5 heteroatoms. The van der Waals surface area contributed by atoms with E-state index >= 15 is 0 Å². The summed E-state index contributed by atoms with van der Waals surface area (Å²) in [5.41, 5.74) is 1.65. The van der Waals surface area contributed by atoms with Crippen molar-refractivity contribution in [3.05, 3.63) is 24.2 Å². The Kier molecular flexibility index (Phi) is 3.23. The van der Waals surface area contributed by atoms with Crippen molar-refractivity contribution in [2.24, 2.45) is 0 Å². The molecule has 0 bridgehead atoms. The van der Waals surface area contributed by atoms with Crippen LogP contribution in [0.5, 0.6) is 0 Å². The first-order valence-electron chi connectivity index (χ1n) is 6.68. The Morgan fingerprint density at radius 2 is 2.42 bits per heavy atom. The van der Waals surface area contributed by atoms with Gasteiger partial charge in [0.1, 0.15) is 11.3 Å². The van der Waals surface area contributed by atoms with E-state index in [1.165, 1.54) is 0 Å². The van der Waals surface area contributed by atoms with Crippen molar-refractivity contribution in [2.45, 2.75) is 44.2 Å². The molecule has 0 aromatic carbocycles. The number of fused-ring (bicyclic) bond motifs is 1. The molecule has 19 heavy (non-hydrogen) atoms. The van der Waals surface area contributed by atoms with Gasteiger partial charge in [-0.2, -0.15) is 0 Å². The molecule has 1 aliphatic rings. The van der Waals surface area contributed by atoms with Crippen molar-refractivity contribution in [3.63, 3.8) is 0 Å².